The Morgan fingerprint density at radius 2 is 2.13 bits per heavy atom. The summed E-state index contributed by atoms with van der Waals surface area (Å²) in [6.45, 7) is 4.42. The lowest BCUT2D eigenvalue weighted by atomic mass is 9.95. The molecule has 1 saturated heterocycles. The number of nitrogens with one attached hydrogen (secondary N) is 1. The predicted octanol–water partition coefficient (Wildman–Crippen LogP) is 1.35. The van der Waals surface area contributed by atoms with Crippen molar-refractivity contribution < 1.29 is 4.79 Å². The average Bonchev–Trinajstić information content (AvgIpc) is 2.59. The first kappa shape index (κ1) is 15.5. The van der Waals surface area contributed by atoms with E-state index in [2.05, 4.69) is 32.1 Å². The quantitative estimate of drug-likeness (QED) is 0.884. The van der Waals surface area contributed by atoms with E-state index < -0.39 is 0 Å². The molecule has 2 aromatic heterocycles. The summed E-state index contributed by atoms with van der Waals surface area (Å²) in [5, 5.41) is 3.88. The lowest BCUT2D eigenvalue weighted by Crippen LogP contribution is -2.41. The second-order valence-corrected chi connectivity index (χ2v) is 5.86. The zero-order chi connectivity index (χ0) is 16.2. The summed E-state index contributed by atoms with van der Waals surface area (Å²) in [4.78, 5) is 27.1. The number of nitrogens with zero attached hydrogens (tertiary/aromatic N) is 4. The Bertz CT molecular complexity index is 696. The summed E-state index contributed by atoms with van der Waals surface area (Å²) in [5.74, 6) is 1.59. The number of rotatable bonds is 4. The van der Waals surface area contributed by atoms with Crippen LogP contribution < -0.4 is 16.0 Å². The van der Waals surface area contributed by atoms with Crippen molar-refractivity contribution in [2.45, 2.75) is 26.2 Å². The highest BCUT2D eigenvalue weighted by Crippen LogP contribution is 2.27. The molecule has 1 fully saturated rings. The van der Waals surface area contributed by atoms with Crippen LogP contribution in [0.3, 0.4) is 0 Å². The van der Waals surface area contributed by atoms with E-state index in [1.54, 1.807) is 6.07 Å². The first-order chi connectivity index (χ1) is 11.2. The Morgan fingerprint density at radius 3 is 2.87 bits per heavy atom. The molecular weight excluding hydrogens is 292 g/mol. The van der Waals surface area contributed by atoms with Gasteiger partial charge in [-0.2, -0.15) is 0 Å². The largest absolute Gasteiger partial charge is 0.384 e. The Kier molecular flexibility index (Phi) is 4.55. The molecule has 7 nitrogen and oxygen atoms in total. The number of anilines is 2. The van der Waals surface area contributed by atoms with Crippen molar-refractivity contribution in [1.29, 1.82) is 0 Å². The molecule has 1 aliphatic heterocycles. The number of fused-ring (bicyclic) bond motifs is 1. The van der Waals surface area contributed by atoms with E-state index in [0.29, 0.717) is 11.5 Å². The minimum absolute atomic E-state index is 0.0969. The maximum Gasteiger partial charge on any atom is 0.223 e. The molecule has 0 aromatic carbocycles. The number of aromatic nitrogens is 3. The number of nitrogen functional groups attached to an aromatic ring is 1. The first-order valence-corrected chi connectivity index (χ1v) is 8.09. The van der Waals surface area contributed by atoms with Crippen LogP contribution in [0.1, 0.15) is 26.2 Å². The smallest absolute Gasteiger partial charge is 0.223 e. The number of piperidine rings is 1. The number of carbonyl (C=O) groups excluding carboxylic acids is 1. The van der Waals surface area contributed by atoms with Crippen LogP contribution in [-0.2, 0) is 4.79 Å². The molecule has 0 atom stereocenters. The van der Waals surface area contributed by atoms with Crippen molar-refractivity contribution in [1.82, 2.24) is 20.3 Å². The van der Waals surface area contributed by atoms with Crippen molar-refractivity contribution in [2.75, 3.05) is 30.3 Å². The van der Waals surface area contributed by atoms with Crippen LogP contribution in [0, 0.1) is 5.92 Å². The predicted molar refractivity (Wildman–Crippen MR) is 90.0 cm³/mol. The van der Waals surface area contributed by atoms with E-state index in [0.717, 1.165) is 50.1 Å². The number of hydrogen-bond donors (Lipinski definition) is 2. The average molecular weight is 314 g/mol. The molecule has 2 aromatic rings. The van der Waals surface area contributed by atoms with Gasteiger partial charge in [-0.3, -0.25) is 4.79 Å². The second-order valence-electron chi connectivity index (χ2n) is 5.86. The molecule has 1 amide bonds. The van der Waals surface area contributed by atoms with Crippen LogP contribution in [0.15, 0.2) is 18.5 Å². The minimum atomic E-state index is 0.0969. The van der Waals surface area contributed by atoms with Crippen LogP contribution in [0.2, 0.25) is 0 Å². The van der Waals surface area contributed by atoms with Gasteiger partial charge < -0.3 is 16.0 Å². The SMILES string of the molecule is CCCNC(=O)C1CCN(c2ncnc3nc(N)ccc23)CC1. The van der Waals surface area contributed by atoms with Gasteiger partial charge in [-0.1, -0.05) is 6.92 Å². The molecule has 1 aliphatic rings. The first-order valence-electron chi connectivity index (χ1n) is 8.09. The number of amides is 1. The highest BCUT2D eigenvalue weighted by Gasteiger charge is 2.26. The van der Waals surface area contributed by atoms with Crippen LogP contribution in [0.4, 0.5) is 11.6 Å². The lowest BCUT2D eigenvalue weighted by molar-refractivity contribution is -0.125. The maximum absolute atomic E-state index is 12.1. The molecule has 7 heteroatoms. The molecule has 0 saturated carbocycles. The van der Waals surface area contributed by atoms with Gasteiger partial charge in [0.25, 0.3) is 0 Å². The lowest BCUT2D eigenvalue weighted by Gasteiger charge is -2.32. The molecule has 0 spiro atoms. The number of pyridine rings is 1. The van der Waals surface area contributed by atoms with Crippen molar-refractivity contribution in [2.24, 2.45) is 5.92 Å². The zero-order valence-electron chi connectivity index (χ0n) is 13.3. The molecule has 23 heavy (non-hydrogen) atoms. The van der Waals surface area contributed by atoms with Gasteiger partial charge in [0.05, 0.1) is 5.39 Å². The third-order valence-corrected chi connectivity index (χ3v) is 4.21. The summed E-state index contributed by atoms with van der Waals surface area (Å²) in [6.07, 6.45) is 4.16. The molecule has 122 valence electrons. The Labute approximate surface area is 135 Å². The third-order valence-electron chi connectivity index (χ3n) is 4.21. The standard InChI is InChI=1S/C16H22N6O/c1-2-7-18-16(23)11-5-8-22(9-6-11)15-12-3-4-13(17)21-14(12)19-10-20-15/h3-4,10-11H,2,5-9H2,1H3,(H,18,23)(H2,17,19,20,21). The van der Waals surface area contributed by atoms with Gasteiger partial charge in [-0.25, -0.2) is 15.0 Å². The van der Waals surface area contributed by atoms with E-state index >= 15 is 0 Å². The summed E-state index contributed by atoms with van der Waals surface area (Å²) in [5.41, 5.74) is 6.32. The monoisotopic (exact) mass is 314 g/mol. The van der Waals surface area contributed by atoms with E-state index in [1.165, 1.54) is 6.33 Å². The Hall–Kier alpha value is -2.44. The summed E-state index contributed by atoms with van der Waals surface area (Å²) in [7, 11) is 0. The molecule has 3 rings (SSSR count). The van der Waals surface area contributed by atoms with Crippen LogP contribution >= 0.6 is 0 Å². The Balaban J connectivity index is 1.72. The normalized spacial score (nSPS) is 15.8. The van der Waals surface area contributed by atoms with Gasteiger partial charge in [0, 0.05) is 25.6 Å². The van der Waals surface area contributed by atoms with Gasteiger partial charge in [0.1, 0.15) is 18.0 Å². The molecule has 3 N–H and O–H groups in total. The van der Waals surface area contributed by atoms with E-state index in [-0.39, 0.29) is 11.8 Å². The van der Waals surface area contributed by atoms with Crippen LogP contribution in [-0.4, -0.2) is 40.5 Å². The zero-order valence-corrected chi connectivity index (χ0v) is 13.3. The number of nitrogens with two attached hydrogens (primary N) is 1. The van der Waals surface area contributed by atoms with Crippen LogP contribution in [0.5, 0.6) is 0 Å². The van der Waals surface area contributed by atoms with Crippen molar-refractivity contribution in [3.8, 4) is 0 Å². The molecule has 0 radical (unpaired) electrons. The van der Waals surface area contributed by atoms with E-state index in [4.69, 9.17) is 5.73 Å². The second kappa shape index (κ2) is 6.76. The molecule has 0 unspecified atom stereocenters. The van der Waals surface area contributed by atoms with Gasteiger partial charge in [0.2, 0.25) is 5.91 Å². The molecule has 3 heterocycles. The van der Waals surface area contributed by atoms with Crippen molar-refractivity contribution >= 4 is 28.6 Å². The number of hydrogen-bond acceptors (Lipinski definition) is 6. The van der Waals surface area contributed by atoms with Gasteiger partial charge in [-0.05, 0) is 31.4 Å². The van der Waals surface area contributed by atoms with E-state index in [9.17, 15) is 4.79 Å². The summed E-state index contributed by atoms with van der Waals surface area (Å²) in [6, 6.07) is 3.67. The molecular formula is C16H22N6O. The maximum atomic E-state index is 12.1. The number of carbonyl (C=O) groups is 1. The molecule has 0 bridgehead atoms. The van der Waals surface area contributed by atoms with Crippen molar-refractivity contribution in [3.63, 3.8) is 0 Å². The third kappa shape index (κ3) is 3.33. The van der Waals surface area contributed by atoms with Crippen LogP contribution in [0.25, 0.3) is 11.0 Å². The summed E-state index contributed by atoms with van der Waals surface area (Å²) >= 11 is 0. The summed E-state index contributed by atoms with van der Waals surface area (Å²) < 4.78 is 0. The van der Waals surface area contributed by atoms with E-state index in [1.807, 2.05) is 6.07 Å². The highest BCUT2D eigenvalue weighted by molar-refractivity contribution is 5.88. The van der Waals surface area contributed by atoms with Gasteiger partial charge >= 0.3 is 0 Å². The van der Waals surface area contributed by atoms with Gasteiger partial charge in [0.15, 0.2) is 5.65 Å². The fraction of sp³-hybridized carbons (Fsp3) is 0.500. The van der Waals surface area contributed by atoms with Gasteiger partial charge in [-0.15, -0.1) is 0 Å². The highest BCUT2D eigenvalue weighted by atomic mass is 16.1. The minimum Gasteiger partial charge on any atom is -0.384 e. The molecule has 0 aliphatic carbocycles. The topological polar surface area (TPSA) is 97.0 Å². The Morgan fingerprint density at radius 1 is 1.35 bits per heavy atom. The van der Waals surface area contributed by atoms with Crippen molar-refractivity contribution in [3.05, 3.63) is 18.5 Å². The fourth-order valence-corrected chi connectivity index (χ4v) is 2.94. The fourth-order valence-electron chi connectivity index (χ4n) is 2.94.